The highest BCUT2D eigenvalue weighted by Gasteiger charge is 2.54. The quantitative estimate of drug-likeness (QED) is 0.105. The Bertz CT molecular complexity index is 8930. The molecule has 0 saturated carbocycles. The van der Waals surface area contributed by atoms with E-state index in [1.165, 1.54) is 221 Å². The molecule has 0 atom stereocenters. The molecule has 16 nitrogen and oxygen atoms in total. The highest BCUT2D eigenvalue weighted by atomic mass is 16.5. The topological polar surface area (TPSA) is 101 Å². The van der Waals surface area contributed by atoms with Gasteiger partial charge in [0.25, 0.3) is 22.8 Å². The molecule has 10 aromatic heterocycles. The van der Waals surface area contributed by atoms with Crippen molar-refractivity contribution >= 4 is 142 Å². The second-order valence-electron chi connectivity index (χ2n) is 44.1. The van der Waals surface area contributed by atoms with Gasteiger partial charge in [-0.05, 0) is 148 Å². The highest BCUT2D eigenvalue weighted by molar-refractivity contribution is 6.25. The number of rotatable bonds is 9. The van der Waals surface area contributed by atoms with Crippen LogP contribution in [0.4, 0.5) is 0 Å². The molecule has 16 heteroatoms. The SMILES string of the molecule is COc1ccc2c3c(C)ccc4c3n3c(c[n+](C)c3c2c1C)C(C)(C)C4(C)C.COc1ccc2c3cccc4c3n3c(c[n+](C)c3c2c1C)C(C)(C)C4(C)C.COc1ccc2c3ccccc3c3c(c2c1C)[n+](C)c(-c1ccccc1)n3-c1c(C(C)C)cccc1C(C)C.COc1ccc2c3ccccc3c3cc[n+](C)n3c2c1C.COc1cnc2c3cccc4c3n3c(c[n+](C)c3c2c1C)C(C)(C)C4(C)C. The molecule has 25 rings (SSSR count). The van der Waals surface area contributed by atoms with Crippen LogP contribution in [-0.4, -0.2) is 62.8 Å². The van der Waals surface area contributed by atoms with Crippen molar-refractivity contribution in [3.63, 3.8) is 0 Å². The van der Waals surface area contributed by atoms with Crippen molar-refractivity contribution < 1.29 is 46.6 Å². The van der Waals surface area contributed by atoms with Crippen LogP contribution in [0.2, 0.25) is 0 Å². The highest BCUT2D eigenvalue weighted by Crippen LogP contribution is 2.57. The van der Waals surface area contributed by atoms with Crippen molar-refractivity contribution in [2.45, 2.75) is 197 Å². The molecular formula is C126H136N11O5+5. The largest absolute Gasteiger partial charge is 0.496 e. The standard InChI is InChI=1S/C36H37N2O.C25H29N2O.C24H27N2O.C23H26N3O.C18H17N2O/c1-22(2)26-18-13-19-27(23(3)4)33(26)38-34-30-17-12-11-16-28(30)29-20-21-31(39-7)24(5)32(29)35(34)37(6)36(38)25-14-9-8-10-15-25;1-14-9-11-17-22-20(14)16-10-12-18(28-8)15(2)21(16)23-26(7)13-19(27(22)23)25(5,6)24(17,3)4;1-14-18(27-7)12-11-15-16-9-8-10-17-21(16)26-19(24(4,5)23(17,2)3)13-25(6)22(26)20(14)15;1-13-16(27-7)11-24-19-14-9-8-10-15-20(14)26-17(23(4,5)22(15,2)3)12-25(6)21(26)18(13)19;1-12-17(21-3)9-8-15-13-6-4-5-7-14(13)16-10-11-19(2)20(16)18(12)15/h8-23H,1-7H3;9-13H,1-8H3;8-13H,1-7H3;8-12H,1-7H3;4-11H,1-3H3/q5*+1. The minimum atomic E-state index is -0.00760. The van der Waals surface area contributed by atoms with Gasteiger partial charge in [-0.25, -0.2) is 18.3 Å². The molecule has 0 unspecified atom stereocenters. The first-order chi connectivity index (χ1) is 67.6. The molecule has 3 aliphatic rings. The number of ether oxygens (including phenoxy) is 5. The molecule has 3 aliphatic heterocycles. The molecule has 142 heavy (non-hydrogen) atoms. The molecule has 0 amide bonds. The van der Waals surface area contributed by atoms with Crippen LogP contribution < -0.4 is 46.6 Å². The molecule has 0 bridgehead atoms. The third-order valence-corrected chi connectivity index (χ3v) is 34.9. The fourth-order valence-corrected chi connectivity index (χ4v) is 25.1. The third-order valence-electron chi connectivity index (χ3n) is 34.9. The number of para-hydroxylation sites is 3. The maximum Gasteiger partial charge on any atom is 0.296 e. The van der Waals surface area contributed by atoms with Crippen LogP contribution in [0.1, 0.15) is 201 Å². The molecule has 0 fully saturated rings. The molecule has 0 radical (unpaired) electrons. The van der Waals surface area contributed by atoms with Crippen LogP contribution in [0.5, 0.6) is 28.7 Å². The van der Waals surface area contributed by atoms with Crippen molar-refractivity contribution in [1.82, 2.24) is 27.3 Å². The van der Waals surface area contributed by atoms with Crippen molar-refractivity contribution in [2.24, 2.45) is 35.2 Å². The summed E-state index contributed by atoms with van der Waals surface area (Å²) in [7, 11) is 19.5. The van der Waals surface area contributed by atoms with Crippen molar-refractivity contribution in [3.8, 4) is 45.8 Å². The van der Waals surface area contributed by atoms with Crippen LogP contribution in [0.3, 0.4) is 0 Å². The summed E-state index contributed by atoms with van der Waals surface area (Å²) in [5, 5.41) is 19.1. The van der Waals surface area contributed by atoms with Crippen LogP contribution in [-0.2, 0) is 67.7 Å². The minimum absolute atomic E-state index is 0.00676. The van der Waals surface area contributed by atoms with Gasteiger partial charge in [0.1, 0.15) is 80.6 Å². The van der Waals surface area contributed by atoms with E-state index in [9.17, 15) is 0 Å². The van der Waals surface area contributed by atoms with E-state index in [0.717, 1.165) is 45.4 Å². The van der Waals surface area contributed by atoms with Crippen molar-refractivity contribution in [1.29, 1.82) is 0 Å². The third kappa shape index (κ3) is 12.9. The van der Waals surface area contributed by atoms with E-state index in [1.54, 1.807) is 35.5 Å². The summed E-state index contributed by atoms with van der Waals surface area (Å²) in [6.45, 7) is 50.7. The normalized spacial score (nSPS) is 14.9. The number of fused-ring (bicyclic) bond motifs is 21. The predicted molar refractivity (Wildman–Crippen MR) is 585 cm³/mol. The second-order valence-corrected chi connectivity index (χ2v) is 44.1. The van der Waals surface area contributed by atoms with Crippen LogP contribution in [0.25, 0.3) is 159 Å². The Morgan fingerprint density at radius 3 is 1.22 bits per heavy atom. The van der Waals surface area contributed by atoms with E-state index < -0.39 is 0 Å². The summed E-state index contributed by atoms with van der Waals surface area (Å²) in [5.74, 6) is 6.49. The number of hydrogen-bond acceptors (Lipinski definition) is 6. The summed E-state index contributed by atoms with van der Waals surface area (Å²) < 4.78 is 52.0. The lowest BCUT2D eigenvalue weighted by atomic mass is 9.60. The lowest BCUT2D eigenvalue weighted by molar-refractivity contribution is -0.735. The zero-order valence-electron chi connectivity index (χ0n) is 89.1. The first-order valence-electron chi connectivity index (χ1n) is 50.3. The predicted octanol–water partition coefficient (Wildman–Crippen LogP) is 27.0. The summed E-state index contributed by atoms with van der Waals surface area (Å²) in [4.78, 5) is 4.84. The Hall–Kier alpha value is -14.4. The Balaban J connectivity index is 0.000000106. The Morgan fingerprint density at radius 2 is 0.704 bits per heavy atom. The van der Waals surface area contributed by atoms with Crippen LogP contribution in [0.15, 0.2) is 231 Å². The van der Waals surface area contributed by atoms with Gasteiger partial charge < -0.3 is 23.7 Å². The van der Waals surface area contributed by atoms with E-state index in [2.05, 4.69) is 458 Å². The first-order valence-corrected chi connectivity index (χ1v) is 50.3. The maximum absolute atomic E-state index is 5.85. The van der Waals surface area contributed by atoms with Crippen molar-refractivity contribution in [2.75, 3.05) is 35.5 Å². The Morgan fingerprint density at radius 1 is 0.317 bits per heavy atom. The minimum Gasteiger partial charge on any atom is -0.496 e. The zero-order chi connectivity index (χ0) is 101. The molecule has 0 spiro atoms. The van der Waals surface area contributed by atoms with Gasteiger partial charge in [0, 0.05) is 143 Å². The summed E-state index contributed by atoms with van der Waals surface area (Å²) in [6, 6.07) is 72.6. The average Bonchev–Trinajstić information content (AvgIpc) is 1.43. The Kier molecular flexibility index (Phi) is 21.9. The fourth-order valence-electron chi connectivity index (χ4n) is 25.1. The van der Waals surface area contributed by atoms with Crippen LogP contribution in [0, 0.1) is 41.5 Å². The number of pyridine rings is 5. The van der Waals surface area contributed by atoms with E-state index in [-0.39, 0.29) is 32.5 Å². The Labute approximate surface area is 833 Å². The number of methoxy groups -OCH3 is 5. The number of aromatic nitrogens is 11. The van der Waals surface area contributed by atoms with E-state index >= 15 is 0 Å². The summed E-state index contributed by atoms with van der Waals surface area (Å²) in [6.07, 6.45) is 10.9. The number of nitrogens with zero attached hydrogens (tertiary/aromatic N) is 11. The molecule has 720 valence electrons. The number of hydrogen-bond donors (Lipinski definition) is 0. The van der Waals surface area contributed by atoms with Gasteiger partial charge >= 0.3 is 0 Å². The lowest BCUT2D eigenvalue weighted by Crippen LogP contribution is -2.44. The average molecular weight is 1880 g/mol. The zero-order valence-corrected chi connectivity index (χ0v) is 89.1. The van der Waals surface area contributed by atoms with E-state index in [0.29, 0.717) is 11.8 Å². The van der Waals surface area contributed by atoms with Gasteiger partial charge in [0.15, 0.2) is 41.4 Å². The van der Waals surface area contributed by atoms with Gasteiger partial charge in [0.2, 0.25) is 0 Å². The van der Waals surface area contributed by atoms with Gasteiger partial charge in [-0.15, -0.1) is 9.20 Å². The monoisotopic (exact) mass is 1880 g/mol. The van der Waals surface area contributed by atoms with Gasteiger partial charge in [-0.3, -0.25) is 4.98 Å². The fraction of sp³-hybridized carbons (Fsp3) is 0.317. The molecular weight excluding hydrogens is 1750 g/mol. The summed E-state index contributed by atoms with van der Waals surface area (Å²) in [5.41, 5.74) is 34.5. The molecule has 0 saturated heterocycles. The summed E-state index contributed by atoms with van der Waals surface area (Å²) >= 11 is 0. The smallest absolute Gasteiger partial charge is 0.296 e. The van der Waals surface area contributed by atoms with Crippen molar-refractivity contribution in [3.05, 3.63) is 309 Å². The van der Waals surface area contributed by atoms with Gasteiger partial charge in [-0.1, -0.05) is 232 Å². The number of aryl methyl sites for hydroxylation is 11. The molecule has 0 aliphatic carbocycles. The van der Waals surface area contributed by atoms with E-state index in [4.69, 9.17) is 28.7 Å². The number of benzene rings is 12. The van der Waals surface area contributed by atoms with E-state index in [1.807, 2.05) is 6.20 Å². The molecule has 22 aromatic rings. The van der Waals surface area contributed by atoms with Crippen LogP contribution >= 0.6 is 0 Å². The molecule has 12 aromatic carbocycles. The molecule has 13 heterocycles. The van der Waals surface area contributed by atoms with Gasteiger partial charge in [0.05, 0.1) is 97.2 Å². The maximum atomic E-state index is 5.85. The number of imidazole rings is 4. The first kappa shape index (κ1) is 93.9. The van der Waals surface area contributed by atoms with Gasteiger partial charge in [-0.2, -0.15) is 17.8 Å². The lowest BCUT2D eigenvalue weighted by Gasteiger charge is -2.43. The molecule has 0 N–H and O–H groups in total. The second kappa shape index (κ2) is 33.1.